The summed E-state index contributed by atoms with van der Waals surface area (Å²) in [5, 5.41) is 6.32. The highest BCUT2D eigenvalue weighted by Gasteiger charge is 2.21. The van der Waals surface area contributed by atoms with Gasteiger partial charge in [0, 0.05) is 26.7 Å². The smallest absolute Gasteiger partial charge is 0.220 e. The Morgan fingerprint density at radius 2 is 2.29 bits per heavy atom. The summed E-state index contributed by atoms with van der Waals surface area (Å²) >= 11 is 0. The van der Waals surface area contributed by atoms with E-state index in [4.69, 9.17) is 4.74 Å². The van der Waals surface area contributed by atoms with Gasteiger partial charge in [0.1, 0.15) is 0 Å². The third kappa shape index (κ3) is 6.03. The van der Waals surface area contributed by atoms with Crippen LogP contribution in [-0.2, 0) is 9.53 Å². The highest BCUT2D eigenvalue weighted by atomic mass is 16.5. The van der Waals surface area contributed by atoms with Crippen molar-refractivity contribution in [2.75, 3.05) is 33.4 Å². The molecule has 0 aromatic rings. The predicted molar refractivity (Wildman–Crippen MR) is 68.9 cm³/mol. The summed E-state index contributed by atoms with van der Waals surface area (Å²) < 4.78 is 5.07. The van der Waals surface area contributed by atoms with Gasteiger partial charge < -0.3 is 15.4 Å². The second kappa shape index (κ2) is 6.97. The maximum atomic E-state index is 11.7. The van der Waals surface area contributed by atoms with Crippen molar-refractivity contribution in [1.82, 2.24) is 10.6 Å². The number of carbonyl (C=O) groups excluding carboxylic acids is 1. The molecule has 0 aliphatic carbocycles. The van der Waals surface area contributed by atoms with E-state index < -0.39 is 0 Å². The first-order valence-corrected chi connectivity index (χ1v) is 6.50. The Hall–Kier alpha value is -0.610. The normalized spacial score (nSPS) is 20.5. The minimum atomic E-state index is 0.111. The van der Waals surface area contributed by atoms with Gasteiger partial charge in [0.2, 0.25) is 5.91 Å². The van der Waals surface area contributed by atoms with Gasteiger partial charge in [-0.15, -0.1) is 0 Å². The van der Waals surface area contributed by atoms with E-state index in [1.54, 1.807) is 7.11 Å². The van der Waals surface area contributed by atoms with Crippen molar-refractivity contribution in [3.05, 3.63) is 0 Å². The van der Waals surface area contributed by atoms with Crippen molar-refractivity contribution in [3.63, 3.8) is 0 Å². The molecule has 1 unspecified atom stereocenters. The van der Waals surface area contributed by atoms with Crippen LogP contribution in [0.15, 0.2) is 0 Å². The van der Waals surface area contributed by atoms with Crippen molar-refractivity contribution < 1.29 is 9.53 Å². The van der Waals surface area contributed by atoms with Crippen molar-refractivity contribution in [3.8, 4) is 0 Å². The number of carbonyl (C=O) groups is 1. The molecule has 0 bridgehead atoms. The van der Waals surface area contributed by atoms with Crippen LogP contribution in [-0.4, -0.2) is 39.3 Å². The number of methoxy groups -OCH3 is 1. The molecule has 4 heteroatoms. The molecule has 0 radical (unpaired) electrons. The predicted octanol–water partition coefficient (Wildman–Crippen LogP) is 1.16. The van der Waals surface area contributed by atoms with Crippen molar-refractivity contribution in [2.24, 2.45) is 11.3 Å². The van der Waals surface area contributed by atoms with E-state index in [9.17, 15) is 4.79 Å². The molecule has 1 aliphatic heterocycles. The maximum absolute atomic E-state index is 11.7. The first-order valence-electron chi connectivity index (χ1n) is 6.50. The number of hydrogen-bond acceptors (Lipinski definition) is 3. The fourth-order valence-electron chi connectivity index (χ4n) is 2.03. The lowest BCUT2D eigenvalue weighted by Crippen LogP contribution is -2.35. The van der Waals surface area contributed by atoms with Gasteiger partial charge in [0.15, 0.2) is 0 Å². The summed E-state index contributed by atoms with van der Waals surface area (Å²) in [7, 11) is 1.71. The Kier molecular flexibility index (Phi) is 5.92. The van der Waals surface area contributed by atoms with E-state index in [-0.39, 0.29) is 11.3 Å². The molecule has 0 spiro atoms. The molecule has 1 aliphatic rings. The Balaban J connectivity index is 2.17. The molecule has 1 rings (SSSR count). The summed E-state index contributed by atoms with van der Waals surface area (Å²) in [6.45, 7) is 7.83. The van der Waals surface area contributed by atoms with E-state index in [1.807, 2.05) is 0 Å². The lowest BCUT2D eigenvalue weighted by atomic mass is 9.89. The van der Waals surface area contributed by atoms with E-state index in [2.05, 4.69) is 24.5 Å². The SMILES string of the molecule is COCCC(C)(C)CNC(=O)CC1CCNC1. The van der Waals surface area contributed by atoms with Crippen molar-refractivity contribution >= 4 is 5.91 Å². The van der Waals surface area contributed by atoms with Gasteiger partial charge in [-0.2, -0.15) is 0 Å². The Labute approximate surface area is 104 Å². The largest absolute Gasteiger partial charge is 0.385 e. The quantitative estimate of drug-likeness (QED) is 0.704. The third-order valence-corrected chi connectivity index (χ3v) is 3.38. The fourth-order valence-corrected chi connectivity index (χ4v) is 2.03. The van der Waals surface area contributed by atoms with Crippen LogP contribution >= 0.6 is 0 Å². The molecule has 4 nitrogen and oxygen atoms in total. The zero-order chi connectivity index (χ0) is 12.7. The average Bonchev–Trinajstić information content (AvgIpc) is 2.77. The molecule has 0 saturated carbocycles. The molecule has 0 aromatic heterocycles. The lowest BCUT2D eigenvalue weighted by molar-refractivity contribution is -0.122. The minimum absolute atomic E-state index is 0.111. The van der Waals surface area contributed by atoms with Crippen molar-refractivity contribution in [2.45, 2.75) is 33.1 Å². The standard InChI is InChI=1S/C13H26N2O2/c1-13(2,5-7-17-3)10-15-12(16)8-11-4-6-14-9-11/h11,14H,4-10H2,1-3H3,(H,15,16). The van der Waals surface area contributed by atoms with E-state index in [1.165, 1.54) is 0 Å². The summed E-state index contributed by atoms with van der Waals surface area (Å²) in [5.74, 6) is 0.710. The molecular weight excluding hydrogens is 216 g/mol. The number of amides is 1. The second-order valence-electron chi connectivity index (χ2n) is 5.75. The third-order valence-electron chi connectivity index (χ3n) is 3.38. The molecule has 2 N–H and O–H groups in total. The molecule has 17 heavy (non-hydrogen) atoms. The van der Waals surface area contributed by atoms with Gasteiger partial charge in [0.25, 0.3) is 0 Å². The second-order valence-corrected chi connectivity index (χ2v) is 5.75. The van der Waals surface area contributed by atoms with Gasteiger partial charge in [-0.1, -0.05) is 13.8 Å². The first-order chi connectivity index (χ1) is 8.03. The van der Waals surface area contributed by atoms with Crippen LogP contribution in [0.2, 0.25) is 0 Å². The Morgan fingerprint density at radius 3 is 2.88 bits per heavy atom. The summed E-state index contributed by atoms with van der Waals surface area (Å²) in [5.41, 5.74) is 0.111. The van der Waals surface area contributed by atoms with Gasteiger partial charge in [-0.3, -0.25) is 4.79 Å². The summed E-state index contributed by atoms with van der Waals surface area (Å²) in [6.07, 6.45) is 2.75. The molecule has 1 atom stereocenters. The number of nitrogens with one attached hydrogen (secondary N) is 2. The zero-order valence-corrected chi connectivity index (χ0v) is 11.3. The lowest BCUT2D eigenvalue weighted by Gasteiger charge is -2.24. The van der Waals surface area contributed by atoms with Crippen LogP contribution in [0.1, 0.15) is 33.1 Å². The highest BCUT2D eigenvalue weighted by Crippen LogP contribution is 2.19. The van der Waals surface area contributed by atoms with E-state index >= 15 is 0 Å². The van der Waals surface area contributed by atoms with E-state index in [0.29, 0.717) is 12.3 Å². The minimum Gasteiger partial charge on any atom is -0.385 e. The van der Waals surface area contributed by atoms with Crippen LogP contribution in [0.3, 0.4) is 0 Å². The maximum Gasteiger partial charge on any atom is 0.220 e. The van der Waals surface area contributed by atoms with Crippen LogP contribution in [0.5, 0.6) is 0 Å². The van der Waals surface area contributed by atoms with E-state index in [0.717, 1.165) is 39.1 Å². The first kappa shape index (κ1) is 14.5. The fraction of sp³-hybridized carbons (Fsp3) is 0.923. The molecule has 1 heterocycles. The van der Waals surface area contributed by atoms with Gasteiger partial charge in [-0.05, 0) is 37.3 Å². The Bertz CT molecular complexity index is 236. The molecule has 1 saturated heterocycles. The van der Waals surface area contributed by atoms with Crippen molar-refractivity contribution in [1.29, 1.82) is 0 Å². The van der Waals surface area contributed by atoms with Gasteiger partial charge >= 0.3 is 0 Å². The topological polar surface area (TPSA) is 50.4 Å². The summed E-state index contributed by atoms with van der Waals surface area (Å²) in [4.78, 5) is 11.7. The number of ether oxygens (including phenoxy) is 1. The molecule has 100 valence electrons. The monoisotopic (exact) mass is 242 g/mol. The van der Waals surface area contributed by atoms with Crippen LogP contribution < -0.4 is 10.6 Å². The number of rotatable bonds is 7. The van der Waals surface area contributed by atoms with Crippen LogP contribution in [0, 0.1) is 11.3 Å². The Morgan fingerprint density at radius 1 is 1.53 bits per heavy atom. The van der Waals surface area contributed by atoms with Gasteiger partial charge in [-0.25, -0.2) is 0 Å². The molecule has 0 aromatic carbocycles. The summed E-state index contributed by atoms with van der Waals surface area (Å²) in [6, 6.07) is 0. The average molecular weight is 242 g/mol. The number of hydrogen-bond donors (Lipinski definition) is 2. The van der Waals surface area contributed by atoms with Crippen LogP contribution in [0.4, 0.5) is 0 Å². The molecular formula is C13H26N2O2. The van der Waals surface area contributed by atoms with Gasteiger partial charge in [0.05, 0.1) is 0 Å². The highest BCUT2D eigenvalue weighted by molar-refractivity contribution is 5.76. The van der Waals surface area contributed by atoms with Crippen LogP contribution in [0.25, 0.3) is 0 Å². The molecule has 1 fully saturated rings. The molecule has 1 amide bonds. The zero-order valence-electron chi connectivity index (χ0n) is 11.3.